The first kappa shape index (κ1) is 16.3. The Bertz CT molecular complexity index is 528. The van der Waals surface area contributed by atoms with Gasteiger partial charge < -0.3 is 5.11 Å². The molecule has 1 fully saturated rings. The molecular weight excluding hydrogens is 286 g/mol. The maximum absolute atomic E-state index is 11.4. The third-order valence-corrected chi connectivity index (χ3v) is 5.13. The van der Waals surface area contributed by atoms with E-state index in [9.17, 15) is 9.90 Å². The number of nitrogens with zero attached hydrogens (tertiary/aromatic N) is 1. The molecule has 0 radical (unpaired) electrons. The highest BCUT2D eigenvalue weighted by molar-refractivity contribution is 6.31. The molecule has 0 aromatic heterocycles. The van der Waals surface area contributed by atoms with Gasteiger partial charge >= 0.3 is 5.97 Å². The summed E-state index contributed by atoms with van der Waals surface area (Å²) in [5.41, 5.74) is 1.62. The van der Waals surface area contributed by atoms with Crippen LogP contribution in [0.3, 0.4) is 0 Å². The van der Waals surface area contributed by atoms with E-state index >= 15 is 0 Å². The minimum atomic E-state index is -0.701. The Kier molecular flexibility index (Phi) is 4.95. The van der Waals surface area contributed by atoms with Crippen molar-refractivity contribution in [2.45, 2.75) is 40.2 Å². The van der Waals surface area contributed by atoms with Gasteiger partial charge in [-0.1, -0.05) is 23.7 Å². The van der Waals surface area contributed by atoms with Crippen molar-refractivity contribution in [3.05, 3.63) is 34.3 Å². The molecule has 0 bridgehead atoms. The van der Waals surface area contributed by atoms with Crippen molar-refractivity contribution in [1.29, 1.82) is 0 Å². The van der Waals surface area contributed by atoms with Crippen LogP contribution in [0.15, 0.2) is 18.2 Å². The fourth-order valence-electron chi connectivity index (χ4n) is 2.96. The Labute approximate surface area is 131 Å². The van der Waals surface area contributed by atoms with Gasteiger partial charge in [-0.05, 0) is 63.3 Å². The van der Waals surface area contributed by atoms with Gasteiger partial charge in [0.2, 0.25) is 0 Å². The number of hydrogen-bond acceptors (Lipinski definition) is 2. The minimum absolute atomic E-state index is 0.199. The van der Waals surface area contributed by atoms with E-state index in [-0.39, 0.29) is 5.92 Å². The summed E-state index contributed by atoms with van der Waals surface area (Å²) in [6, 6.07) is 6.16. The number of aliphatic carboxylic acids is 1. The van der Waals surface area contributed by atoms with Gasteiger partial charge in [0.15, 0.2) is 0 Å². The predicted octanol–water partition coefficient (Wildman–Crippen LogP) is 3.97. The second-order valence-corrected chi connectivity index (χ2v) is 7.09. The zero-order valence-corrected chi connectivity index (χ0v) is 13.8. The number of benzene rings is 1. The molecule has 0 saturated carbocycles. The number of rotatable bonds is 4. The molecule has 1 aromatic carbocycles. The molecule has 2 rings (SSSR count). The predicted molar refractivity (Wildman–Crippen MR) is 85.6 cm³/mol. The topological polar surface area (TPSA) is 40.5 Å². The van der Waals surface area contributed by atoms with Gasteiger partial charge in [-0.25, -0.2) is 0 Å². The number of carbonyl (C=O) groups is 1. The van der Waals surface area contributed by atoms with Gasteiger partial charge in [0, 0.05) is 18.1 Å². The average Bonchev–Trinajstić information content (AvgIpc) is 2.43. The lowest BCUT2D eigenvalue weighted by molar-refractivity contribution is -0.151. The summed E-state index contributed by atoms with van der Waals surface area (Å²) in [7, 11) is 0. The summed E-state index contributed by atoms with van der Waals surface area (Å²) >= 11 is 6.18. The van der Waals surface area contributed by atoms with Crippen molar-refractivity contribution in [2.75, 3.05) is 13.1 Å². The standard InChI is InChI=1S/C17H24ClNO2/c1-12-6-7-13(9-15(12)18)10-19-8-4-5-14(11-19)17(2,3)16(20)21/h6-7,9,14H,4-5,8,10-11H2,1-3H3,(H,20,21). The molecule has 1 aromatic rings. The first-order valence-corrected chi connectivity index (χ1v) is 7.89. The molecule has 1 aliphatic rings. The SMILES string of the molecule is Cc1ccc(CN2CCCC(C(C)(C)C(=O)O)C2)cc1Cl. The van der Waals surface area contributed by atoms with Gasteiger partial charge in [0.1, 0.15) is 0 Å². The number of hydrogen-bond donors (Lipinski definition) is 1. The van der Waals surface area contributed by atoms with E-state index in [4.69, 9.17) is 11.6 Å². The monoisotopic (exact) mass is 309 g/mol. The summed E-state index contributed by atoms with van der Waals surface area (Å²) in [6.07, 6.45) is 2.05. The number of carboxylic acid groups (broad SMARTS) is 1. The maximum Gasteiger partial charge on any atom is 0.309 e. The average molecular weight is 310 g/mol. The summed E-state index contributed by atoms with van der Waals surface area (Å²) in [4.78, 5) is 13.8. The first-order valence-electron chi connectivity index (χ1n) is 7.51. The smallest absolute Gasteiger partial charge is 0.309 e. The van der Waals surface area contributed by atoms with Crippen LogP contribution in [0.25, 0.3) is 0 Å². The maximum atomic E-state index is 11.4. The second-order valence-electron chi connectivity index (χ2n) is 6.68. The van der Waals surface area contributed by atoms with Crippen molar-refractivity contribution in [3.8, 4) is 0 Å². The zero-order chi connectivity index (χ0) is 15.6. The van der Waals surface area contributed by atoms with Crippen LogP contribution >= 0.6 is 11.6 Å². The Morgan fingerprint density at radius 3 is 2.81 bits per heavy atom. The van der Waals surface area contributed by atoms with Crippen LogP contribution in [0.5, 0.6) is 0 Å². The summed E-state index contributed by atoms with van der Waals surface area (Å²) < 4.78 is 0. The molecule has 21 heavy (non-hydrogen) atoms. The minimum Gasteiger partial charge on any atom is -0.481 e. The van der Waals surface area contributed by atoms with Crippen LogP contribution in [0.4, 0.5) is 0 Å². The van der Waals surface area contributed by atoms with Crippen molar-refractivity contribution < 1.29 is 9.90 Å². The van der Waals surface area contributed by atoms with Gasteiger partial charge in [-0.3, -0.25) is 9.69 Å². The second kappa shape index (κ2) is 6.37. The number of halogens is 1. The molecule has 1 unspecified atom stereocenters. The lowest BCUT2D eigenvalue weighted by Gasteiger charge is -2.39. The van der Waals surface area contributed by atoms with Crippen LogP contribution in [-0.4, -0.2) is 29.1 Å². The van der Waals surface area contributed by atoms with Crippen LogP contribution in [0.1, 0.15) is 37.8 Å². The summed E-state index contributed by atoms with van der Waals surface area (Å²) in [5.74, 6) is -0.502. The van der Waals surface area contributed by atoms with Gasteiger partial charge in [-0.15, -0.1) is 0 Å². The van der Waals surface area contributed by atoms with Crippen LogP contribution < -0.4 is 0 Å². The lowest BCUT2D eigenvalue weighted by atomic mass is 9.74. The van der Waals surface area contributed by atoms with E-state index in [0.29, 0.717) is 0 Å². The van der Waals surface area contributed by atoms with Crippen molar-refractivity contribution in [3.63, 3.8) is 0 Å². The molecule has 1 atom stereocenters. The van der Waals surface area contributed by atoms with E-state index in [2.05, 4.69) is 11.0 Å². The normalized spacial score (nSPS) is 20.5. The number of piperidine rings is 1. The lowest BCUT2D eigenvalue weighted by Crippen LogP contribution is -2.44. The third kappa shape index (κ3) is 3.78. The zero-order valence-electron chi connectivity index (χ0n) is 13.0. The molecule has 0 aliphatic carbocycles. The number of likely N-dealkylation sites (tertiary alicyclic amines) is 1. The number of carboxylic acids is 1. The molecule has 1 saturated heterocycles. The largest absolute Gasteiger partial charge is 0.481 e. The van der Waals surface area contributed by atoms with Gasteiger partial charge in [-0.2, -0.15) is 0 Å². The molecule has 116 valence electrons. The van der Waals surface area contributed by atoms with Crippen LogP contribution in [0.2, 0.25) is 5.02 Å². The fourth-order valence-corrected chi connectivity index (χ4v) is 3.16. The molecule has 1 aliphatic heterocycles. The molecule has 0 amide bonds. The van der Waals surface area contributed by atoms with E-state index in [1.54, 1.807) is 0 Å². The number of aryl methyl sites for hydroxylation is 1. The van der Waals surface area contributed by atoms with Crippen molar-refractivity contribution >= 4 is 17.6 Å². The van der Waals surface area contributed by atoms with E-state index in [1.165, 1.54) is 5.56 Å². The molecule has 1 heterocycles. The Morgan fingerprint density at radius 2 is 2.19 bits per heavy atom. The van der Waals surface area contributed by atoms with Crippen LogP contribution in [-0.2, 0) is 11.3 Å². The van der Waals surface area contributed by atoms with E-state index in [0.717, 1.165) is 43.1 Å². The van der Waals surface area contributed by atoms with Crippen molar-refractivity contribution in [1.82, 2.24) is 4.90 Å². The molecule has 3 nitrogen and oxygen atoms in total. The Balaban J connectivity index is 2.04. The highest BCUT2D eigenvalue weighted by atomic mass is 35.5. The molecule has 0 spiro atoms. The molecule has 4 heteroatoms. The highest BCUT2D eigenvalue weighted by Crippen LogP contribution is 2.34. The first-order chi connectivity index (χ1) is 9.80. The van der Waals surface area contributed by atoms with Gasteiger partial charge in [0.05, 0.1) is 5.41 Å². The quantitative estimate of drug-likeness (QED) is 0.915. The third-order valence-electron chi connectivity index (χ3n) is 4.72. The Hall–Kier alpha value is -1.06. The van der Waals surface area contributed by atoms with Crippen molar-refractivity contribution in [2.24, 2.45) is 11.3 Å². The summed E-state index contributed by atoms with van der Waals surface area (Å²) in [5, 5.41) is 10.2. The Morgan fingerprint density at radius 1 is 1.48 bits per heavy atom. The highest BCUT2D eigenvalue weighted by Gasteiger charge is 2.38. The molecule has 1 N–H and O–H groups in total. The molecular formula is C17H24ClNO2. The van der Waals surface area contributed by atoms with E-state index in [1.807, 2.05) is 32.9 Å². The summed E-state index contributed by atoms with van der Waals surface area (Å²) in [6.45, 7) is 8.38. The fraction of sp³-hybridized carbons (Fsp3) is 0.588. The van der Waals surface area contributed by atoms with Crippen LogP contribution in [0, 0.1) is 18.3 Å². The van der Waals surface area contributed by atoms with E-state index < -0.39 is 11.4 Å². The van der Waals surface area contributed by atoms with Gasteiger partial charge in [0.25, 0.3) is 0 Å².